The normalized spacial score (nSPS) is 18.8. The molecule has 1 saturated heterocycles. The fourth-order valence-corrected chi connectivity index (χ4v) is 3.12. The number of nitrogens with zero attached hydrogens (tertiary/aromatic N) is 2. The predicted octanol–water partition coefficient (Wildman–Crippen LogP) is 3.40. The van der Waals surface area contributed by atoms with Gasteiger partial charge in [0.25, 0.3) is 5.91 Å². The molecule has 1 fully saturated rings. The number of hydrogen-bond donors (Lipinski definition) is 0. The van der Waals surface area contributed by atoms with Gasteiger partial charge in [0.05, 0.1) is 11.5 Å². The van der Waals surface area contributed by atoms with E-state index in [0.717, 1.165) is 16.5 Å². The van der Waals surface area contributed by atoms with Crippen LogP contribution in [0.2, 0.25) is 0 Å². The first-order valence-corrected chi connectivity index (χ1v) is 7.99. The van der Waals surface area contributed by atoms with E-state index in [0.29, 0.717) is 24.6 Å². The summed E-state index contributed by atoms with van der Waals surface area (Å²) in [6.45, 7) is 7.87. The maximum Gasteiger partial charge on any atom is 0.266 e. The number of hydrogen-bond acceptors (Lipinski definition) is 4. The minimum Gasteiger partial charge on any atom is -0.494 e. The molecule has 0 bridgehead atoms. The monoisotopic (exact) mass is 304 g/mol. The Labute approximate surface area is 129 Å². The van der Waals surface area contributed by atoms with Gasteiger partial charge in [0.2, 0.25) is 0 Å². The molecule has 0 aromatic heterocycles. The van der Waals surface area contributed by atoms with Crippen LogP contribution in [0.3, 0.4) is 0 Å². The van der Waals surface area contributed by atoms with Gasteiger partial charge in [0.1, 0.15) is 5.75 Å². The summed E-state index contributed by atoms with van der Waals surface area (Å²) in [5.74, 6) is 0.872. The molecule has 112 valence electrons. The Kier molecular flexibility index (Phi) is 5.44. The molecule has 0 atom stereocenters. The van der Waals surface area contributed by atoms with Crippen LogP contribution in [-0.2, 0) is 4.79 Å². The van der Waals surface area contributed by atoms with E-state index in [9.17, 15) is 4.79 Å². The molecular weight excluding hydrogens is 284 g/mol. The summed E-state index contributed by atoms with van der Waals surface area (Å²) in [5.41, 5.74) is 0.989. The number of aliphatic imine (C=N–C) groups is 1. The van der Waals surface area contributed by atoms with Gasteiger partial charge in [-0.3, -0.25) is 14.7 Å². The van der Waals surface area contributed by atoms with Crippen molar-refractivity contribution >= 4 is 28.9 Å². The van der Waals surface area contributed by atoms with Crippen molar-refractivity contribution in [2.24, 2.45) is 4.99 Å². The summed E-state index contributed by atoms with van der Waals surface area (Å²) >= 11 is 1.44. The fourth-order valence-electron chi connectivity index (χ4n) is 2.02. The Morgan fingerprint density at radius 1 is 1.24 bits per heavy atom. The van der Waals surface area contributed by atoms with E-state index in [-0.39, 0.29) is 5.91 Å². The van der Waals surface area contributed by atoms with E-state index in [4.69, 9.17) is 4.74 Å². The third-order valence-corrected chi connectivity index (χ3v) is 4.03. The Balaban J connectivity index is 2.21. The molecule has 1 aliphatic rings. The standard InChI is InChI=1S/C16H20N2O2S/c1-4-17-16-18(5-2)15(19)14(21-16)11-12-7-9-13(10-8-12)20-6-3/h7-11H,4-6H2,1-3H3/b14-11-,17-16?. The summed E-state index contributed by atoms with van der Waals surface area (Å²) < 4.78 is 5.42. The van der Waals surface area contributed by atoms with Crippen LogP contribution in [0.15, 0.2) is 34.2 Å². The molecule has 0 aliphatic carbocycles. The van der Waals surface area contributed by atoms with Gasteiger partial charge in [-0.1, -0.05) is 12.1 Å². The number of rotatable bonds is 5. The van der Waals surface area contributed by atoms with Crippen molar-refractivity contribution in [3.63, 3.8) is 0 Å². The van der Waals surface area contributed by atoms with Gasteiger partial charge in [0.15, 0.2) is 5.17 Å². The number of thioether (sulfide) groups is 1. The van der Waals surface area contributed by atoms with Gasteiger partial charge in [-0.2, -0.15) is 0 Å². The lowest BCUT2D eigenvalue weighted by Crippen LogP contribution is -2.28. The van der Waals surface area contributed by atoms with Crippen LogP contribution in [-0.4, -0.2) is 35.7 Å². The van der Waals surface area contributed by atoms with E-state index in [1.807, 2.05) is 51.1 Å². The molecule has 1 amide bonds. The molecule has 21 heavy (non-hydrogen) atoms. The molecule has 0 N–H and O–H groups in total. The zero-order valence-corrected chi connectivity index (χ0v) is 13.4. The highest BCUT2D eigenvalue weighted by molar-refractivity contribution is 8.18. The minimum absolute atomic E-state index is 0.0311. The predicted molar refractivity (Wildman–Crippen MR) is 88.5 cm³/mol. The van der Waals surface area contributed by atoms with Crippen LogP contribution in [0, 0.1) is 0 Å². The lowest BCUT2D eigenvalue weighted by molar-refractivity contribution is -0.122. The maximum atomic E-state index is 12.3. The van der Waals surface area contributed by atoms with Crippen LogP contribution in [0.4, 0.5) is 0 Å². The molecule has 1 aromatic rings. The number of ether oxygens (including phenoxy) is 1. The number of benzene rings is 1. The largest absolute Gasteiger partial charge is 0.494 e. The molecule has 4 nitrogen and oxygen atoms in total. The van der Waals surface area contributed by atoms with Crippen LogP contribution >= 0.6 is 11.8 Å². The third kappa shape index (κ3) is 3.67. The Hall–Kier alpha value is -1.75. The van der Waals surface area contributed by atoms with E-state index in [1.165, 1.54) is 11.8 Å². The third-order valence-electron chi connectivity index (χ3n) is 2.99. The SMILES string of the molecule is CCN=C1S/C(=C\c2ccc(OCC)cc2)C(=O)N1CC. The van der Waals surface area contributed by atoms with Crippen molar-refractivity contribution in [2.45, 2.75) is 20.8 Å². The zero-order chi connectivity index (χ0) is 15.2. The minimum atomic E-state index is 0.0311. The van der Waals surface area contributed by atoms with Gasteiger partial charge in [0, 0.05) is 13.1 Å². The van der Waals surface area contributed by atoms with Crippen molar-refractivity contribution in [1.82, 2.24) is 4.90 Å². The molecule has 1 heterocycles. The molecule has 0 unspecified atom stereocenters. The van der Waals surface area contributed by atoms with Crippen LogP contribution in [0.5, 0.6) is 5.75 Å². The summed E-state index contributed by atoms with van der Waals surface area (Å²) in [6.07, 6.45) is 1.91. The zero-order valence-electron chi connectivity index (χ0n) is 12.6. The number of amides is 1. The topological polar surface area (TPSA) is 41.9 Å². The smallest absolute Gasteiger partial charge is 0.266 e. The van der Waals surface area contributed by atoms with Gasteiger partial charge < -0.3 is 4.74 Å². The fraction of sp³-hybridized carbons (Fsp3) is 0.375. The average molecular weight is 304 g/mol. The number of carbonyl (C=O) groups excluding carboxylic acids is 1. The quantitative estimate of drug-likeness (QED) is 0.783. The van der Waals surface area contributed by atoms with Crippen LogP contribution in [0.25, 0.3) is 6.08 Å². The average Bonchev–Trinajstić information content (AvgIpc) is 2.77. The van der Waals surface area contributed by atoms with Gasteiger partial charge >= 0.3 is 0 Å². The lowest BCUT2D eigenvalue weighted by atomic mass is 10.2. The molecular formula is C16H20N2O2S. The van der Waals surface area contributed by atoms with Crippen molar-refractivity contribution in [2.75, 3.05) is 19.7 Å². The van der Waals surface area contributed by atoms with E-state index in [2.05, 4.69) is 4.99 Å². The van der Waals surface area contributed by atoms with Crippen molar-refractivity contribution < 1.29 is 9.53 Å². The summed E-state index contributed by atoms with van der Waals surface area (Å²) in [4.78, 5) is 19.1. The Bertz CT molecular complexity index is 564. The van der Waals surface area contributed by atoms with Crippen LogP contribution in [0.1, 0.15) is 26.3 Å². The van der Waals surface area contributed by atoms with E-state index >= 15 is 0 Å². The number of amidine groups is 1. The van der Waals surface area contributed by atoms with E-state index < -0.39 is 0 Å². The molecule has 1 aliphatic heterocycles. The molecule has 2 rings (SSSR count). The highest BCUT2D eigenvalue weighted by Gasteiger charge is 2.31. The molecule has 0 spiro atoms. The molecule has 1 aromatic carbocycles. The van der Waals surface area contributed by atoms with Gasteiger partial charge in [-0.15, -0.1) is 0 Å². The molecule has 0 saturated carbocycles. The summed E-state index contributed by atoms with van der Waals surface area (Å²) in [7, 11) is 0. The lowest BCUT2D eigenvalue weighted by Gasteiger charge is -2.11. The Morgan fingerprint density at radius 3 is 2.52 bits per heavy atom. The second-order valence-electron chi connectivity index (χ2n) is 4.42. The van der Waals surface area contributed by atoms with Gasteiger partial charge in [-0.05, 0) is 56.3 Å². The number of carbonyl (C=O) groups is 1. The first kappa shape index (κ1) is 15.6. The molecule has 0 radical (unpaired) electrons. The van der Waals surface area contributed by atoms with Crippen LogP contribution < -0.4 is 4.74 Å². The van der Waals surface area contributed by atoms with Crippen molar-refractivity contribution in [1.29, 1.82) is 0 Å². The molecule has 5 heteroatoms. The number of likely N-dealkylation sites (N-methyl/N-ethyl adjacent to an activating group) is 1. The highest BCUT2D eigenvalue weighted by atomic mass is 32.2. The maximum absolute atomic E-state index is 12.3. The summed E-state index contributed by atoms with van der Waals surface area (Å²) in [6, 6.07) is 7.74. The van der Waals surface area contributed by atoms with Gasteiger partial charge in [-0.25, -0.2) is 0 Å². The first-order chi connectivity index (χ1) is 10.2. The second kappa shape index (κ2) is 7.31. The highest BCUT2D eigenvalue weighted by Crippen LogP contribution is 2.32. The Morgan fingerprint density at radius 2 is 1.95 bits per heavy atom. The van der Waals surface area contributed by atoms with Crippen molar-refractivity contribution in [3.05, 3.63) is 34.7 Å². The van der Waals surface area contributed by atoms with E-state index in [1.54, 1.807) is 4.90 Å². The van der Waals surface area contributed by atoms with Crippen molar-refractivity contribution in [3.8, 4) is 5.75 Å². The summed E-state index contributed by atoms with van der Waals surface area (Å²) in [5, 5.41) is 0.794. The second-order valence-corrected chi connectivity index (χ2v) is 5.43. The first-order valence-electron chi connectivity index (χ1n) is 7.18.